The number of ether oxygens (including phenoxy) is 2. The molecule has 1 saturated heterocycles. The van der Waals surface area contributed by atoms with Crippen molar-refractivity contribution in [2.24, 2.45) is 0 Å². The van der Waals surface area contributed by atoms with Crippen LogP contribution in [0.2, 0.25) is 5.02 Å². The zero-order valence-electron chi connectivity index (χ0n) is 21.9. The van der Waals surface area contributed by atoms with Gasteiger partial charge >= 0.3 is 5.97 Å². The number of carbonyl (C=O) groups excluding carboxylic acids is 3. The Hall–Kier alpha value is -4.74. The average molecular weight is 594 g/mol. The van der Waals surface area contributed by atoms with Gasteiger partial charge in [0.05, 0.1) is 22.9 Å². The lowest BCUT2D eigenvalue weighted by molar-refractivity contribution is -0.122. The zero-order valence-corrected chi connectivity index (χ0v) is 23.5. The maximum Gasteiger partial charge on any atom is 0.335 e. The van der Waals surface area contributed by atoms with Crippen LogP contribution in [0, 0.1) is 6.92 Å². The second-order valence-corrected chi connectivity index (χ2v) is 9.57. The highest BCUT2D eigenvalue weighted by atomic mass is 35.5. The number of aromatic carboxylic acids is 1. The maximum absolute atomic E-state index is 13.4. The summed E-state index contributed by atoms with van der Waals surface area (Å²) in [7, 11) is 0. The largest absolute Gasteiger partial charge is 0.490 e. The first-order valence-electron chi connectivity index (χ1n) is 12.3. The lowest BCUT2D eigenvalue weighted by Crippen LogP contribution is -2.54. The number of carboxylic acids is 1. The number of amides is 3. The molecule has 0 aliphatic carbocycles. The number of nitrogens with zero attached hydrogens (tertiary/aromatic N) is 1. The van der Waals surface area contributed by atoms with Crippen molar-refractivity contribution in [3.05, 3.63) is 87.9 Å². The lowest BCUT2D eigenvalue weighted by Gasteiger charge is -2.29. The van der Waals surface area contributed by atoms with Crippen LogP contribution in [0.4, 0.5) is 11.4 Å². The Bertz CT molecular complexity index is 1590. The van der Waals surface area contributed by atoms with Crippen LogP contribution in [0.15, 0.2) is 66.2 Å². The van der Waals surface area contributed by atoms with E-state index in [4.69, 9.17) is 33.3 Å². The molecular weight excluding hydrogens is 570 g/mol. The van der Waals surface area contributed by atoms with Crippen molar-refractivity contribution >= 4 is 70.1 Å². The fraction of sp³-hybridized carbons (Fsp3) is 0.138. The molecule has 3 amide bonds. The minimum absolute atomic E-state index is 0.0585. The Balaban J connectivity index is 1.59. The van der Waals surface area contributed by atoms with E-state index in [2.05, 4.69) is 10.6 Å². The predicted molar refractivity (Wildman–Crippen MR) is 158 cm³/mol. The number of rotatable bonds is 9. The minimum Gasteiger partial charge on any atom is -0.490 e. The van der Waals surface area contributed by atoms with Crippen molar-refractivity contribution < 1.29 is 33.8 Å². The van der Waals surface area contributed by atoms with Gasteiger partial charge in [0, 0.05) is 5.69 Å². The number of anilines is 2. The lowest BCUT2D eigenvalue weighted by atomic mass is 10.1. The summed E-state index contributed by atoms with van der Waals surface area (Å²) in [5.41, 5.74) is 1.84. The molecule has 0 atom stereocenters. The highest BCUT2D eigenvalue weighted by Gasteiger charge is 2.35. The highest BCUT2D eigenvalue weighted by Crippen LogP contribution is 2.37. The number of hydrogen-bond donors (Lipinski definition) is 3. The molecule has 12 heteroatoms. The molecule has 10 nitrogen and oxygen atoms in total. The third-order valence-corrected chi connectivity index (χ3v) is 6.34. The van der Waals surface area contributed by atoms with Crippen molar-refractivity contribution in [1.29, 1.82) is 0 Å². The Morgan fingerprint density at radius 3 is 2.51 bits per heavy atom. The standard InChI is InChI=1S/C29H24ClN3O7S/c1-3-39-23-13-17(12-22(30)25(23)40-15-24(34)31-19-9-7-16(2)8-10-19)11-21-26(35)32-29(41)33(27(21)36)20-6-4-5-18(14-20)28(37)38/h4-14H,3,15H2,1-2H3,(H,31,34)(H,37,38)(H,32,35,41). The van der Waals surface area contributed by atoms with Crippen LogP contribution >= 0.6 is 23.8 Å². The van der Waals surface area contributed by atoms with E-state index in [1.807, 2.05) is 19.1 Å². The van der Waals surface area contributed by atoms with Gasteiger partial charge in [-0.3, -0.25) is 24.6 Å². The van der Waals surface area contributed by atoms with E-state index in [9.17, 15) is 24.3 Å². The molecule has 0 aromatic heterocycles. The molecule has 1 aliphatic heterocycles. The highest BCUT2D eigenvalue weighted by molar-refractivity contribution is 7.80. The van der Waals surface area contributed by atoms with Crippen LogP contribution in [-0.2, 0) is 14.4 Å². The molecule has 3 N–H and O–H groups in total. The van der Waals surface area contributed by atoms with E-state index in [0.29, 0.717) is 11.3 Å². The van der Waals surface area contributed by atoms with Crippen LogP contribution in [0.25, 0.3) is 6.08 Å². The maximum atomic E-state index is 13.4. The van der Waals surface area contributed by atoms with Gasteiger partial charge in [-0.25, -0.2) is 4.79 Å². The van der Waals surface area contributed by atoms with Crippen LogP contribution in [0.1, 0.15) is 28.4 Å². The van der Waals surface area contributed by atoms with E-state index in [1.54, 1.807) is 19.1 Å². The number of nitrogens with one attached hydrogen (secondary N) is 2. The normalized spacial score (nSPS) is 14.1. The summed E-state index contributed by atoms with van der Waals surface area (Å²) in [5.74, 6) is -2.79. The van der Waals surface area contributed by atoms with Gasteiger partial charge in [0.2, 0.25) is 0 Å². The van der Waals surface area contributed by atoms with E-state index in [1.165, 1.54) is 42.5 Å². The molecule has 210 valence electrons. The van der Waals surface area contributed by atoms with Crippen LogP contribution in [-0.4, -0.2) is 47.1 Å². The van der Waals surface area contributed by atoms with Gasteiger partial charge in [-0.05, 0) is 80.2 Å². The van der Waals surface area contributed by atoms with E-state index >= 15 is 0 Å². The molecule has 0 saturated carbocycles. The van der Waals surface area contributed by atoms with Crippen LogP contribution < -0.4 is 25.0 Å². The molecule has 3 aromatic carbocycles. The zero-order chi connectivity index (χ0) is 29.7. The number of halogens is 1. The predicted octanol–water partition coefficient (Wildman–Crippen LogP) is 4.59. The summed E-state index contributed by atoms with van der Waals surface area (Å²) in [6, 6.07) is 15.8. The van der Waals surface area contributed by atoms with Crippen molar-refractivity contribution in [1.82, 2.24) is 5.32 Å². The number of carbonyl (C=O) groups is 4. The van der Waals surface area contributed by atoms with Crippen molar-refractivity contribution in [3.8, 4) is 11.5 Å². The second-order valence-electron chi connectivity index (χ2n) is 8.78. The summed E-state index contributed by atoms with van der Waals surface area (Å²) in [5, 5.41) is 14.4. The molecular formula is C29H24ClN3O7S. The molecule has 0 spiro atoms. The molecule has 1 heterocycles. The van der Waals surface area contributed by atoms with E-state index < -0.39 is 23.7 Å². The fourth-order valence-electron chi connectivity index (χ4n) is 3.88. The third-order valence-electron chi connectivity index (χ3n) is 5.78. The molecule has 4 rings (SSSR count). The van der Waals surface area contributed by atoms with Gasteiger partial charge in [-0.1, -0.05) is 35.4 Å². The van der Waals surface area contributed by atoms with Gasteiger partial charge in [0.1, 0.15) is 5.57 Å². The molecule has 41 heavy (non-hydrogen) atoms. The number of thiocarbonyl (C=S) groups is 1. The molecule has 0 unspecified atom stereocenters. The smallest absolute Gasteiger partial charge is 0.335 e. The Morgan fingerprint density at radius 2 is 1.83 bits per heavy atom. The summed E-state index contributed by atoms with van der Waals surface area (Å²) < 4.78 is 11.3. The third kappa shape index (κ3) is 6.89. The SMILES string of the molecule is CCOc1cc(C=C2C(=O)NC(=S)N(c3cccc(C(=O)O)c3)C2=O)cc(Cl)c1OCC(=O)Nc1ccc(C)cc1. The topological polar surface area (TPSA) is 134 Å². The van der Waals surface area contributed by atoms with Crippen molar-refractivity contribution in [2.75, 3.05) is 23.4 Å². The van der Waals surface area contributed by atoms with Crippen molar-refractivity contribution in [3.63, 3.8) is 0 Å². The van der Waals surface area contributed by atoms with Gasteiger partial charge in [-0.2, -0.15) is 0 Å². The summed E-state index contributed by atoms with van der Waals surface area (Å²) in [4.78, 5) is 51.0. The number of aryl methyl sites for hydroxylation is 1. The van der Waals surface area contributed by atoms with E-state index in [-0.39, 0.29) is 51.7 Å². The minimum atomic E-state index is -1.19. The monoisotopic (exact) mass is 593 g/mol. The first kappa shape index (κ1) is 29.2. The number of carboxylic acid groups (broad SMARTS) is 1. The van der Waals surface area contributed by atoms with Gasteiger partial charge < -0.3 is 19.9 Å². The van der Waals surface area contributed by atoms with Crippen LogP contribution in [0.5, 0.6) is 11.5 Å². The van der Waals surface area contributed by atoms with Gasteiger partial charge in [-0.15, -0.1) is 0 Å². The molecule has 3 aromatic rings. The Kier molecular flexibility index (Phi) is 9.00. The number of hydrogen-bond acceptors (Lipinski definition) is 7. The fourth-order valence-corrected chi connectivity index (χ4v) is 4.44. The molecule has 0 bridgehead atoms. The van der Waals surface area contributed by atoms with Gasteiger partial charge in [0.15, 0.2) is 23.2 Å². The second kappa shape index (κ2) is 12.6. The Labute approximate surface area is 245 Å². The molecule has 1 aliphatic rings. The molecule has 1 fully saturated rings. The first-order valence-corrected chi connectivity index (χ1v) is 13.1. The van der Waals surface area contributed by atoms with Crippen LogP contribution in [0.3, 0.4) is 0 Å². The molecule has 0 radical (unpaired) electrons. The van der Waals surface area contributed by atoms with E-state index in [0.717, 1.165) is 10.5 Å². The quantitative estimate of drug-likeness (QED) is 0.186. The summed E-state index contributed by atoms with van der Waals surface area (Å²) >= 11 is 11.7. The summed E-state index contributed by atoms with van der Waals surface area (Å²) in [6.45, 7) is 3.57. The average Bonchev–Trinajstić information content (AvgIpc) is 2.92. The Morgan fingerprint density at radius 1 is 1.10 bits per heavy atom. The van der Waals surface area contributed by atoms with Crippen molar-refractivity contribution in [2.45, 2.75) is 13.8 Å². The van der Waals surface area contributed by atoms with Gasteiger partial charge in [0.25, 0.3) is 17.7 Å². The first-order chi connectivity index (χ1) is 19.6. The summed E-state index contributed by atoms with van der Waals surface area (Å²) in [6.07, 6.45) is 1.30. The number of benzene rings is 3.